The fourth-order valence-corrected chi connectivity index (χ4v) is 3.95. The molecule has 1 aromatic heterocycles. The molecule has 2 atom stereocenters. The molecule has 0 aliphatic carbocycles. The van der Waals surface area contributed by atoms with E-state index in [9.17, 15) is 8.42 Å². The molecule has 0 fully saturated rings. The lowest BCUT2D eigenvalue weighted by Gasteiger charge is -2.31. The van der Waals surface area contributed by atoms with E-state index in [-0.39, 0.29) is 18.0 Å². The van der Waals surface area contributed by atoms with Crippen LogP contribution in [0.2, 0.25) is 5.02 Å². The van der Waals surface area contributed by atoms with Gasteiger partial charge in [0.05, 0.1) is 25.4 Å². The van der Waals surface area contributed by atoms with Gasteiger partial charge in [0.25, 0.3) is 5.95 Å². The Morgan fingerprint density at radius 1 is 1.14 bits per heavy atom. The molecular weight excluding hydrogens is 414 g/mol. The van der Waals surface area contributed by atoms with Gasteiger partial charge in [-0.05, 0) is 41.8 Å². The van der Waals surface area contributed by atoms with E-state index < -0.39 is 10.0 Å². The molecule has 0 amide bonds. The summed E-state index contributed by atoms with van der Waals surface area (Å²) in [5.41, 5.74) is 2.07. The lowest BCUT2D eigenvalue weighted by atomic mass is 9.93. The van der Waals surface area contributed by atoms with E-state index in [1.54, 1.807) is 11.8 Å². The number of nitrogens with zero attached hydrogens (tertiary/aromatic N) is 3. The number of rotatable bonds is 5. The first kappa shape index (κ1) is 19.5. The van der Waals surface area contributed by atoms with Crippen LogP contribution < -0.4 is 14.8 Å². The van der Waals surface area contributed by atoms with Crippen LogP contribution >= 0.6 is 11.6 Å². The van der Waals surface area contributed by atoms with Crippen LogP contribution in [0.4, 0.5) is 11.9 Å². The number of methoxy groups -OCH3 is 1. The molecule has 152 valence electrons. The number of nitrogens with one attached hydrogen (secondary N) is 2. The third kappa shape index (κ3) is 4.30. The molecule has 2 N–H and O–H groups in total. The molecule has 0 radical (unpaired) electrons. The monoisotopic (exact) mass is 433 g/mol. The Bertz CT molecular complexity index is 1110. The van der Waals surface area contributed by atoms with Gasteiger partial charge in [-0.25, -0.2) is 13.1 Å². The first-order chi connectivity index (χ1) is 13.8. The summed E-state index contributed by atoms with van der Waals surface area (Å²) >= 11 is 6.03. The number of fused-ring (bicyclic) bond motifs is 1. The zero-order valence-corrected chi connectivity index (χ0v) is 17.4. The van der Waals surface area contributed by atoms with Crippen molar-refractivity contribution in [2.45, 2.75) is 18.5 Å². The average molecular weight is 434 g/mol. The summed E-state index contributed by atoms with van der Waals surface area (Å²) in [4.78, 5) is 4.34. The molecule has 2 unspecified atom stereocenters. The Hall–Kier alpha value is -2.78. The minimum atomic E-state index is -3.49. The second-order valence-corrected chi connectivity index (χ2v) is 9.04. The van der Waals surface area contributed by atoms with E-state index in [1.807, 2.05) is 48.5 Å². The Balaban J connectivity index is 1.74. The smallest absolute Gasteiger partial charge is 0.257 e. The quantitative estimate of drug-likeness (QED) is 0.639. The third-order valence-corrected chi connectivity index (χ3v) is 5.54. The van der Waals surface area contributed by atoms with E-state index in [1.165, 1.54) is 0 Å². The molecule has 0 saturated heterocycles. The Labute approximate surface area is 173 Å². The van der Waals surface area contributed by atoms with Crippen molar-refractivity contribution in [1.29, 1.82) is 0 Å². The highest BCUT2D eigenvalue weighted by Crippen LogP contribution is 2.38. The summed E-state index contributed by atoms with van der Waals surface area (Å²) in [6.07, 6.45) is 1.76. The largest absolute Gasteiger partial charge is 0.497 e. The van der Waals surface area contributed by atoms with Crippen molar-refractivity contribution < 1.29 is 13.2 Å². The van der Waals surface area contributed by atoms with Crippen LogP contribution in [0, 0.1) is 0 Å². The van der Waals surface area contributed by atoms with E-state index in [4.69, 9.17) is 16.3 Å². The SMILES string of the molecule is COc1ccc(C2CC(c3ccc(Cl)cc3)Nc3nc(NS(C)(=O)=O)nn32)cc1. The minimum Gasteiger partial charge on any atom is -0.497 e. The molecule has 3 aromatic rings. The van der Waals surface area contributed by atoms with Gasteiger partial charge in [-0.2, -0.15) is 4.98 Å². The van der Waals surface area contributed by atoms with Crippen molar-refractivity contribution in [2.24, 2.45) is 0 Å². The fourth-order valence-electron chi connectivity index (χ4n) is 3.40. The summed E-state index contributed by atoms with van der Waals surface area (Å²) in [6.45, 7) is 0. The third-order valence-electron chi connectivity index (χ3n) is 4.74. The highest BCUT2D eigenvalue weighted by atomic mass is 35.5. The summed E-state index contributed by atoms with van der Waals surface area (Å²) in [5.74, 6) is 1.28. The summed E-state index contributed by atoms with van der Waals surface area (Å²) in [6, 6.07) is 15.2. The number of aromatic nitrogens is 3. The highest BCUT2D eigenvalue weighted by molar-refractivity contribution is 7.91. The van der Waals surface area contributed by atoms with Crippen molar-refractivity contribution in [3.8, 4) is 5.75 Å². The van der Waals surface area contributed by atoms with Gasteiger partial charge in [0.2, 0.25) is 16.0 Å². The molecule has 2 aromatic carbocycles. The lowest BCUT2D eigenvalue weighted by Crippen LogP contribution is -2.28. The predicted molar refractivity (Wildman–Crippen MR) is 112 cm³/mol. The van der Waals surface area contributed by atoms with Crippen LogP contribution in [-0.4, -0.2) is 36.5 Å². The number of ether oxygens (including phenoxy) is 1. The second kappa shape index (κ2) is 7.57. The summed E-state index contributed by atoms with van der Waals surface area (Å²) in [5, 5.41) is 8.39. The zero-order valence-electron chi connectivity index (χ0n) is 15.8. The van der Waals surface area contributed by atoms with Crippen LogP contribution in [0.3, 0.4) is 0 Å². The Morgan fingerprint density at radius 3 is 2.41 bits per heavy atom. The number of hydrogen-bond acceptors (Lipinski definition) is 6. The molecule has 0 spiro atoms. The molecule has 1 aliphatic heterocycles. The number of anilines is 2. The van der Waals surface area contributed by atoms with Gasteiger partial charge < -0.3 is 10.1 Å². The minimum absolute atomic E-state index is 0.0327. The Kier molecular flexibility index (Phi) is 5.10. The van der Waals surface area contributed by atoms with Crippen LogP contribution in [0.5, 0.6) is 5.75 Å². The van der Waals surface area contributed by atoms with Gasteiger partial charge in [0.1, 0.15) is 5.75 Å². The summed E-state index contributed by atoms with van der Waals surface area (Å²) < 4.78 is 32.5. The van der Waals surface area contributed by atoms with Crippen LogP contribution in [0.25, 0.3) is 0 Å². The number of sulfonamides is 1. The van der Waals surface area contributed by atoms with E-state index in [0.29, 0.717) is 17.4 Å². The second-order valence-electron chi connectivity index (χ2n) is 6.85. The molecule has 10 heteroatoms. The van der Waals surface area contributed by atoms with Gasteiger partial charge in [0.15, 0.2) is 0 Å². The van der Waals surface area contributed by atoms with Crippen LogP contribution in [0.1, 0.15) is 29.6 Å². The fraction of sp³-hybridized carbons (Fsp3) is 0.263. The first-order valence-corrected chi connectivity index (χ1v) is 11.2. The van der Waals surface area contributed by atoms with Crippen LogP contribution in [0.15, 0.2) is 48.5 Å². The number of halogens is 1. The van der Waals surface area contributed by atoms with Crippen molar-refractivity contribution in [1.82, 2.24) is 14.8 Å². The van der Waals surface area contributed by atoms with E-state index in [0.717, 1.165) is 23.1 Å². The topological polar surface area (TPSA) is 98.1 Å². The lowest BCUT2D eigenvalue weighted by molar-refractivity contribution is 0.411. The molecule has 0 bridgehead atoms. The maximum absolute atomic E-state index is 11.6. The number of hydrogen-bond donors (Lipinski definition) is 2. The molecular formula is C19H20ClN5O3S. The van der Waals surface area contributed by atoms with Gasteiger partial charge >= 0.3 is 0 Å². The molecule has 8 nitrogen and oxygen atoms in total. The molecule has 2 heterocycles. The normalized spacial score (nSPS) is 18.6. The maximum atomic E-state index is 11.6. The predicted octanol–water partition coefficient (Wildman–Crippen LogP) is 3.46. The van der Waals surface area contributed by atoms with Gasteiger partial charge in [-0.3, -0.25) is 4.72 Å². The van der Waals surface area contributed by atoms with Gasteiger partial charge in [-0.1, -0.05) is 35.9 Å². The van der Waals surface area contributed by atoms with E-state index >= 15 is 0 Å². The van der Waals surface area contributed by atoms with Crippen molar-refractivity contribution in [3.63, 3.8) is 0 Å². The molecule has 0 saturated carbocycles. The van der Waals surface area contributed by atoms with Crippen molar-refractivity contribution in [2.75, 3.05) is 23.4 Å². The zero-order chi connectivity index (χ0) is 20.6. The standard InChI is InChI=1S/C19H20ClN5O3S/c1-28-15-9-5-13(6-10-15)17-11-16(12-3-7-14(20)8-4-12)21-19-22-18(23-25(17)19)24-29(2,26)27/h3-10,16-17H,11H2,1-2H3,(H2,21,22,23,24). The summed E-state index contributed by atoms with van der Waals surface area (Å²) in [7, 11) is -1.87. The highest BCUT2D eigenvalue weighted by Gasteiger charge is 2.31. The maximum Gasteiger partial charge on any atom is 0.257 e. The van der Waals surface area contributed by atoms with Gasteiger partial charge in [-0.15, -0.1) is 5.10 Å². The first-order valence-electron chi connectivity index (χ1n) is 8.92. The van der Waals surface area contributed by atoms with Gasteiger partial charge in [0, 0.05) is 5.02 Å². The molecule has 4 rings (SSSR count). The number of benzene rings is 2. The Morgan fingerprint density at radius 2 is 1.79 bits per heavy atom. The van der Waals surface area contributed by atoms with Crippen molar-refractivity contribution in [3.05, 3.63) is 64.7 Å². The molecule has 1 aliphatic rings. The average Bonchev–Trinajstić information content (AvgIpc) is 3.08. The van der Waals surface area contributed by atoms with E-state index in [2.05, 4.69) is 20.1 Å². The van der Waals surface area contributed by atoms with Crippen molar-refractivity contribution >= 4 is 33.5 Å². The molecule has 29 heavy (non-hydrogen) atoms. The van der Waals surface area contributed by atoms with Crippen LogP contribution in [-0.2, 0) is 10.0 Å².